The molecule has 0 aliphatic heterocycles. The number of hydrogen-bond donors (Lipinski definition) is 1. The SMILES string of the molecule is C=CCP(=O)(O)OC(C)c1ccccc1. The highest BCUT2D eigenvalue weighted by Gasteiger charge is 2.21. The van der Waals surface area contributed by atoms with E-state index >= 15 is 0 Å². The Kier molecular flexibility index (Phi) is 4.28. The predicted octanol–water partition coefficient (Wildman–Crippen LogP) is 3.14. The monoisotopic (exact) mass is 226 g/mol. The van der Waals surface area contributed by atoms with Crippen molar-refractivity contribution < 1.29 is 14.0 Å². The minimum absolute atomic E-state index is 0.0236. The van der Waals surface area contributed by atoms with Crippen LogP contribution >= 0.6 is 7.60 Å². The molecule has 0 heterocycles. The van der Waals surface area contributed by atoms with E-state index in [1.807, 2.05) is 30.3 Å². The van der Waals surface area contributed by atoms with E-state index in [-0.39, 0.29) is 12.3 Å². The number of hydrogen-bond acceptors (Lipinski definition) is 2. The molecule has 0 radical (unpaired) electrons. The molecule has 0 aliphatic rings. The zero-order valence-corrected chi connectivity index (χ0v) is 9.56. The number of allylic oxidation sites excluding steroid dienone is 1. The lowest BCUT2D eigenvalue weighted by Crippen LogP contribution is -1.99. The average Bonchev–Trinajstić information content (AvgIpc) is 2.18. The van der Waals surface area contributed by atoms with Gasteiger partial charge in [0.2, 0.25) is 0 Å². The van der Waals surface area contributed by atoms with Gasteiger partial charge in [0.25, 0.3) is 0 Å². The lowest BCUT2D eigenvalue weighted by molar-refractivity contribution is 0.193. The standard InChI is InChI=1S/C11H15O3P/c1-3-9-15(12,13)14-10(2)11-7-5-4-6-8-11/h3-8,10H,1,9H2,2H3,(H,12,13). The van der Waals surface area contributed by atoms with Gasteiger partial charge in [0.15, 0.2) is 0 Å². The molecule has 1 rings (SSSR count). The minimum atomic E-state index is -3.53. The molecule has 0 bridgehead atoms. The van der Waals surface area contributed by atoms with Crippen molar-refractivity contribution in [2.75, 3.05) is 6.16 Å². The first-order valence-corrected chi connectivity index (χ1v) is 6.47. The maximum atomic E-state index is 11.5. The van der Waals surface area contributed by atoms with Crippen molar-refractivity contribution >= 4 is 7.60 Å². The summed E-state index contributed by atoms with van der Waals surface area (Å²) in [7, 11) is -3.53. The van der Waals surface area contributed by atoms with E-state index < -0.39 is 7.60 Å². The summed E-state index contributed by atoms with van der Waals surface area (Å²) in [6, 6.07) is 9.34. The van der Waals surface area contributed by atoms with Gasteiger partial charge < -0.3 is 9.42 Å². The summed E-state index contributed by atoms with van der Waals surface area (Å²) >= 11 is 0. The van der Waals surface area contributed by atoms with Gasteiger partial charge >= 0.3 is 7.60 Å². The van der Waals surface area contributed by atoms with Crippen LogP contribution in [0.25, 0.3) is 0 Å². The maximum absolute atomic E-state index is 11.5. The first-order valence-electron chi connectivity index (χ1n) is 4.71. The molecule has 0 spiro atoms. The molecule has 1 N–H and O–H groups in total. The second-order valence-corrected chi connectivity index (χ2v) is 5.12. The van der Waals surface area contributed by atoms with Crippen molar-refractivity contribution in [1.82, 2.24) is 0 Å². The first kappa shape index (κ1) is 12.2. The summed E-state index contributed by atoms with van der Waals surface area (Å²) in [5.74, 6) is 0. The third-order valence-electron chi connectivity index (χ3n) is 1.95. The fraction of sp³-hybridized carbons (Fsp3) is 0.273. The molecule has 0 saturated carbocycles. The van der Waals surface area contributed by atoms with Crippen LogP contribution < -0.4 is 0 Å². The van der Waals surface area contributed by atoms with Gasteiger partial charge in [-0.2, -0.15) is 0 Å². The molecule has 1 aromatic rings. The molecule has 0 saturated heterocycles. The van der Waals surface area contributed by atoms with Crippen molar-refractivity contribution in [2.45, 2.75) is 13.0 Å². The van der Waals surface area contributed by atoms with Crippen molar-refractivity contribution in [2.24, 2.45) is 0 Å². The van der Waals surface area contributed by atoms with E-state index in [0.717, 1.165) is 5.56 Å². The highest BCUT2D eigenvalue weighted by atomic mass is 31.2. The molecule has 0 aliphatic carbocycles. The van der Waals surface area contributed by atoms with Gasteiger partial charge in [-0.05, 0) is 12.5 Å². The van der Waals surface area contributed by atoms with E-state index in [4.69, 9.17) is 4.52 Å². The second kappa shape index (κ2) is 5.26. The van der Waals surface area contributed by atoms with Crippen molar-refractivity contribution in [1.29, 1.82) is 0 Å². The van der Waals surface area contributed by atoms with Crippen LogP contribution in [0.1, 0.15) is 18.6 Å². The summed E-state index contributed by atoms with van der Waals surface area (Å²) in [5.41, 5.74) is 0.885. The van der Waals surface area contributed by atoms with Gasteiger partial charge in [-0.3, -0.25) is 4.57 Å². The van der Waals surface area contributed by atoms with Crippen molar-refractivity contribution in [3.05, 3.63) is 48.6 Å². The lowest BCUT2D eigenvalue weighted by atomic mass is 10.1. The summed E-state index contributed by atoms with van der Waals surface area (Å²) in [4.78, 5) is 9.41. The van der Waals surface area contributed by atoms with Gasteiger partial charge in [-0.1, -0.05) is 36.4 Å². The Morgan fingerprint density at radius 2 is 2.13 bits per heavy atom. The Morgan fingerprint density at radius 3 is 2.67 bits per heavy atom. The van der Waals surface area contributed by atoms with Crippen LogP contribution in [0.5, 0.6) is 0 Å². The first-order chi connectivity index (χ1) is 7.05. The van der Waals surface area contributed by atoms with Crippen LogP contribution in [0.2, 0.25) is 0 Å². The van der Waals surface area contributed by atoms with E-state index in [2.05, 4.69) is 6.58 Å². The van der Waals surface area contributed by atoms with Crippen LogP contribution in [-0.2, 0) is 9.09 Å². The highest BCUT2D eigenvalue weighted by molar-refractivity contribution is 7.53. The van der Waals surface area contributed by atoms with E-state index in [1.54, 1.807) is 6.92 Å². The summed E-state index contributed by atoms with van der Waals surface area (Å²) < 4.78 is 16.6. The third kappa shape index (κ3) is 4.00. The highest BCUT2D eigenvalue weighted by Crippen LogP contribution is 2.46. The molecule has 2 unspecified atom stereocenters. The third-order valence-corrected chi connectivity index (χ3v) is 3.32. The fourth-order valence-corrected chi connectivity index (χ4v) is 2.27. The fourth-order valence-electron chi connectivity index (χ4n) is 1.24. The Labute approximate surface area is 89.9 Å². The van der Waals surface area contributed by atoms with E-state index in [9.17, 15) is 9.46 Å². The van der Waals surface area contributed by atoms with E-state index in [0.29, 0.717) is 0 Å². The molecule has 15 heavy (non-hydrogen) atoms. The van der Waals surface area contributed by atoms with Crippen LogP contribution in [-0.4, -0.2) is 11.1 Å². The smallest absolute Gasteiger partial charge is 0.324 e. The largest absolute Gasteiger partial charge is 0.332 e. The molecule has 82 valence electrons. The second-order valence-electron chi connectivity index (χ2n) is 3.27. The normalized spacial score (nSPS) is 16.7. The predicted molar refractivity (Wildman–Crippen MR) is 60.8 cm³/mol. The van der Waals surface area contributed by atoms with Crippen LogP contribution in [0.15, 0.2) is 43.0 Å². The van der Waals surface area contributed by atoms with Crippen molar-refractivity contribution in [3.63, 3.8) is 0 Å². The molecule has 4 heteroatoms. The molecule has 0 aromatic heterocycles. The quantitative estimate of drug-likeness (QED) is 0.619. The van der Waals surface area contributed by atoms with Crippen molar-refractivity contribution in [3.8, 4) is 0 Å². The summed E-state index contributed by atoms with van der Waals surface area (Å²) in [5, 5.41) is 0. The molecule has 1 aromatic carbocycles. The van der Waals surface area contributed by atoms with Crippen LogP contribution in [0, 0.1) is 0 Å². The molecule has 3 nitrogen and oxygen atoms in total. The summed E-state index contributed by atoms with van der Waals surface area (Å²) in [6.45, 7) is 5.16. The van der Waals surface area contributed by atoms with Crippen LogP contribution in [0.4, 0.5) is 0 Å². The Bertz CT molecular complexity index is 361. The molecular formula is C11H15O3P. The van der Waals surface area contributed by atoms with Gasteiger partial charge in [0.05, 0.1) is 12.3 Å². The molecular weight excluding hydrogens is 211 g/mol. The maximum Gasteiger partial charge on any atom is 0.332 e. The number of rotatable bonds is 5. The Balaban J connectivity index is 2.67. The van der Waals surface area contributed by atoms with E-state index in [1.165, 1.54) is 6.08 Å². The Morgan fingerprint density at radius 1 is 1.53 bits per heavy atom. The van der Waals surface area contributed by atoms with Gasteiger partial charge in [-0.15, -0.1) is 6.58 Å². The van der Waals surface area contributed by atoms with Gasteiger partial charge in [0, 0.05) is 0 Å². The molecule has 0 fully saturated rings. The average molecular weight is 226 g/mol. The lowest BCUT2D eigenvalue weighted by Gasteiger charge is -2.17. The Hall–Kier alpha value is -0.890. The minimum Gasteiger partial charge on any atom is -0.324 e. The molecule has 0 amide bonds. The zero-order valence-electron chi connectivity index (χ0n) is 8.67. The van der Waals surface area contributed by atoms with Gasteiger partial charge in [-0.25, -0.2) is 0 Å². The zero-order chi connectivity index (χ0) is 11.3. The van der Waals surface area contributed by atoms with Crippen LogP contribution in [0.3, 0.4) is 0 Å². The number of benzene rings is 1. The van der Waals surface area contributed by atoms with Gasteiger partial charge in [0.1, 0.15) is 0 Å². The summed E-state index contributed by atoms with van der Waals surface area (Å²) in [6.07, 6.45) is 0.977. The topological polar surface area (TPSA) is 46.5 Å². The molecule has 2 atom stereocenters.